The summed E-state index contributed by atoms with van der Waals surface area (Å²) in [7, 11) is 1.37. The van der Waals surface area contributed by atoms with Gasteiger partial charge in [0, 0.05) is 23.7 Å². The standard InChI is InChI=1S/C35H28Cl2F3IN4O6/c1-3-44-30(47)20-9-8-19-21(26(20)32(44)49)13-22-31(48)45(43-29-23(37)12-17(14-42-29)35(38,39)40)33(50)34(22,16-4-6-18(36)7-5-16)27(19)15-10-24(41)28(46)25(11-15)51-2/h4-8,10-12,14,20-22,26-27,46H,3,9,13H2,1-2H3,(H,42,43). The number of phenols is 1. The number of aromatic hydroxyl groups is 1. The maximum atomic E-state index is 15.2. The number of imide groups is 2. The third-order valence-corrected chi connectivity index (χ3v) is 11.9. The van der Waals surface area contributed by atoms with Gasteiger partial charge in [0.1, 0.15) is 0 Å². The number of methoxy groups -OCH3 is 1. The molecule has 3 aromatic rings. The normalized spacial score (nSPS) is 27.3. The molecule has 3 heterocycles. The highest BCUT2D eigenvalue weighted by Crippen LogP contribution is 2.64. The van der Waals surface area contributed by atoms with Gasteiger partial charge in [-0.25, -0.2) is 4.98 Å². The van der Waals surface area contributed by atoms with E-state index in [2.05, 4.69) is 10.4 Å². The molecule has 6 unspecified atom stereocenters. The lowest BCUT2D eigenvalue weighted by Gasteiger charge is -2.50. The fourth-order valence-corrected chi connectivity index (χ4v) is 9.41. The molecule has 10 nitrogen and oxygen atoms in total. The van der Waals surface area contributed by atoms with E-state index in [0.29, 0.717) is 37.6 Å². The van der Waals surface area contributed by atoms with E-state index in [9.17, 15) is 32.7 Å². The van der Waals surface area contributed by atoms with Gasteiger partial charge in [-0.15, -0.1) is 0 Å². The molecule has 2 N–H and O–H groups in total. The quantitative estimate of drug-likeness (QED) is 0.159. The molecule has 1 aromatic heterocycles. The molecule has 7 rings (SSSR count). The van der Waals surface area contributed by atoms with Gasteiger partial charge in [-0.2, -0.15) is 18.2 Å². The fourth-order valence-electron chi connectivity index (χ4n) is 8.45. The Morgan fingerprint density at radius 2 is 1.76 bits per heavy atom. The number of hydrogen-bond acceptors (Lipinski definition) is 8. The molecule has 1 saturated carbocycles. The lowest BCUT2D eigenvalue weighted by molar-refractivity contribution is -0.141. The van der Waals surface area contributed by atoms with Crippen molar-refractivity contribution in [3.63, 3.8) is 0 Å². The summed E-state index contributed by atoms with van der Waals surface area (Å²) in [5.41, 5.74) is 1.32. The monoisotopic (exact) mass is 854 g/mol. The molecule has 266 valence electrons. The lowest BCUT2D eigenvalue weighted by atomic mass is 9.49. The third kappa shape index (κ3) is 5.30. The van der Waals surface area contributed by atoms with Gasteiger partial charge < -0.3 is 9.84 Å². The molecule has 0 spiro atoms. The number of ether oxygens (including phenoxy) is 1. The summed E-state index contributed by atoms with van der Waals surface area (Å²) in [6.45, 7) is 1.89. The van der Waals surface area contributed by atoms with E-state index in [-0.39, 0.29) is 48.5 Å². The van der Waals surface area contributed by atoms with Crippen molar-refractivity contribution < 1.29 is 42.2 Å². The molecule has 0 bridgehead atoms. The number of carbonyl (C=O) groups is 4. The number of carbonyl (C=O) groups excluding carboxylic acids is 4. The number of anilines is 1. The first-order valence-corrected chi connectivity index (χ1v) is 17.7. The van der Waals surface area contributed by atoms with Gasteiger partial charge in [-0.1, -0.05) is 47.0 Å². The highest BCUT2D eigenvalue weighted by Gasteiger charge is 2.70. The summed E-state index contributed by atoms with van der Waals surface area (Å²) >= 11 is 14.5. The van der Waals surface area contributed by atoms with Crippen molar-refractivity contribution in [2.24, 2.45) is 23.7 Å². The summed E-state index contributed by atoms with van der Waals surface area (Å²) in [6, 6.07) is 10.3. The van der Waals surface area contributed by atoms with Gasteiger partial charge in [0.2, 0.25) is 11.8 Å². The number of rotatable bonds is 6. The number of benzene rings is 2. The topological polar surface area (TPSA) is 129 Å². The molecule has 2 aromatic carbocycles. The van der Waals surface area contributed by atoms with Gasteiger partial charge in [0.15, 0.2) is 17.3 Å². The Balaban J connectivity index is 1.47. The SMILES string of the molecule is CCN1C(=O)C2CC=C3C(CC4C(=O)N(Nc5ncc(C(F)(F)F)cc5Cl)C(=O)C4(c4ccc(Cl)cc4)C3c3cc(I)c(O)c(OC)c3)C2C1=O. The number of pyridine rings is 1. The number of alkyl halides is 3. The fraction of sp³-hybridized carbons (Fsp3) is 0.343. The average molecular weight is 855 g/mol. The number of amides is 4. The molecule has 6 atom stereocenters. The lowest BCUT2D eigenvalue weighted by Crippen LogP contribution is -2.53. The van der Waals surface area contributed by atoms with Crippen molar-refractivity contribution in [1.82, 2.24) is 14.9 Å². The van der Waals surface area contributed by atoms with Gasteiger partial charge in [-0.3, -0.25) is 29.5 Å². The smallest absolute Gasteiger partial charge is 0.417 e. The second kappa shape index (κ2) is 12.7. The number of nitrogens with one attached hydrogen (secondary N) is 1. The van der Waals surface area contributed by atoms with E-state index < -0.39 is 63.6 Å². The second-order valence-electron chi connectivity index (χ2n) is 12.9. The third-order valence-electron chi connectivity index (χ3n) is 10.6. The largest absolute Gasteiger partial charge is 0.504 e. The zero-order chi connectivity index (χ0) is 36.7. The van der Waals surface area contributed by atoms with E-state index in [0.717, 1.165) is 5.01 Å². The first kappa shape index (κ1) is 35.5. The molecule has 2 aliphatic carbocycles. The zero-order valence-electron chi connectivity index (χ0n) is 26.8. The molecule has 2 aliphatic heterocycles. The number of allylic oxidation sites excluding steroid dienone is 2. The predicted octanol–water partition coefficient (Wildman–Crippen LogP) is 6.73. The predicted molar refractivity (Wildman–Crippen MR) is 187 cm³/mol. The molecule has 2 saturated heterocycles. The maximum Gasteiger partial charge on any atom is 0.417 e. The van der Waals surface area contributed by atoms with Crippen molar-refractivity contribution in [2.75, 3.05) is 19.1 Å². The Labute approximate surface area is 313 Å². The van der Waals surface area contributed by atoms with Gasteiger partial charge in [0.05, 0.1) is 44.4 Å². The van der Waals surface area contributed by atoms with Crippen LogP contribution in [0.4, 0.5) is 19.0 Å². The van der Waals surface area contributed by atoms with Crippen LogP contribution in [0, 0.1) is 27.2 Å². The van der Waals surface area contributed by atoms with Crippen LogP contribution in [-0.2, 0) is 30.8 Å². The van der Waals surface area contributed by atoms with E-state index >= 15 is 4.79 Å². The Hall–Kier alpha value is -3.89. The molecule has 16 heteroatoms. The maximum absolute atomic E-state index is 15.2. The Morgan fingerprint density at radius 3 is 2.39 bits per heavy atom. The van der Waals surface area contributed by atoms with E-state index in [1.807, 2.05) is 28.7 Å². The number of hydrogen-bond donors (Lipinski definition) is 2. The molecule has 4 amide bonds. The number of phenolic OH excluding ortho intramolecular Hbond substituents is 1. The van der Waals surface area contributed by atoms with Crippen molar-refractivity contribution >= 4 is 75.2 Å². The van der Waals surface area contributed by atoms with Gasteiger partial charge in [-0.05, 0) is 89.7 Å². The van der Waals surface area contributed by atoms with Crippen LogP contribution in [0.15, 0.2) is 60.3 Å². The summed E-state index contributed by atoms with van der Waals surface area (Å²) in [6.07, 6.45) is -2.12. The first-order chi connectivity index (χ1) is 24.1. The highest BCUT2D eigenvalue weighted by atomic mass is 127. The second-order valence-corrected chi connectivity index (χ2v) is 14.9. The Morgan fingerprint density at radius 1 is 1.06 bits per heavy atom. The first-order valence-electron chi connectivity index (χ1n) is 15.9. The van der Waals surface area contributed by atoms with E-state index in [1.165, 1.54) is 12.0 Å². The van der Waals surface area contributed by atoms with Crippen LogP contribution in [0.25, 0.3) is 0 Å². The number of likely N-dealkylation sites (tertiary alicyclic amines) is 1. The van der Waals surface area contributed by atoms with Crippen LogP contribution in [0.2, 0.25) is 10.0 Å². The van der Waals surface area contributed by atoms with Crippen LogP contribution >= 0.6 is 45.8 Å². The van der Waals surface area contributed by atoms with Crippen molar-refractivity contribution in [3.05, 3.63) is 90.6 Å². The van der Waals surface area contributed by atoms with Crippen LogP contribution in [0.3, 0.4) is 0 Å². The Bertz CT molecular complexity index is 2050. The van der Waals surface area contributed by atoms with E-state index in [1.54, 1.807) is 43.3 Å². The Kier molecular flexibility index (Phi) is 8.81. The number of halogens is 6. The van der Waals surface area contributed by atoms with Crippen LogP contribution < -0.4 is 10.2 Å². The summed E-state index contributed by atoms with van der Waals surface area (Å²) in [5, 5.41) is 11.4. The van der Waals surface area contributed by atoms with Crippen molar-refractivity contribution in [2.45, 2.75) is 37.3 Å². The summed E-state index contributed by atoms with van der Waals surface area (Å²) in [4.78, 5) is 62.2. The minimum Gasteiger partial charge on any atom is -0.504 e. The molecule has 3 fully saturated rings. The summed E-state index contributed by atoms with van der Waals surface area (Å²) in [5.74, 6) is -6.74. The number of fused-ring (bicyclic) bond motifs is 4. The number of hydrazine groups is 1. The average Bonchev–Trinajstić information content (AvgIpc) is 3.46. The molecule has 51 heavy (non-hydrogen) atoms. The van der Waals surface area contributed by atoms with Gasteiger partial charge in [0.25, 0.3) is 11.8 Å². The molecule has 0 radical (unpaired) electrons. The summed E-state index contributed by atoms with van der Waals surface area (Å²) < 4.78 is 46.2. The van der Waals surface area contributed by atoms with E-state index in [4.69, 9.17) is 27.9 Å². The van der Waals surface area contributed by atoms with Crippen molar-refractivity contribution in [1.29, 1.82) is 0 Å². The minimum atomic E-state index is -4.74. The number of aromatic nitrogens is 1. The van der Waals surface area contributed by atoms with Crippen LogP contribution in [0.1, 0.15) is 42.4 Å². The molecular weight excluding hydrogens is 827 g/mol. The highest BCUT2D eigenvalue weighted by molar-refractivity contribution is 14.1. The minimum absolute atomic E-state index is 0.00800. The zero-order valence-corrected chi connectivity index (χ0v) is 30.5. The molecule has 4 aliphatic rings. The van der Waals surface area contributed by atoms with Crippen molar-refractivity contribution in [3.8, 4) is 11.5 Å². The molecular formula is C35H28Cl2F3IN4O6. The van der Waals surface area contributed by atoms with Crippen LogP contribution in [0.5, 0.6) is 11.5 Å². The van der Waals surface area contributed by atoms with Gasteiger partial charge >= 0.3 is 6.18 Å². The van der Waals surface area contributed by atoms with Crippen LogP contribution in [-0.4, -0.2) is 57.3 Å². The number of nitrogens with zero attached hydrogens (tertiary/aromatic N) is 3.